The van der Waals surface area contributed by atoms with Crippen LogP contribution in [0, 0.1) is 5.92 Å². The van der Waals surface area contributed by atoms with Crippen molar-refractivity contribution in [1.29, 1.82) is 0 Å². The minimum Gasteiger partial charge on any atom is -0.493 e. The first-order valence-corrected chi connectivity index (χ1v) is 9.36. The topological polar surface area (TPSA) is 90.3 Å². The van der Waals surface area contributed by atoms with E-state index in [4.69, 9.17) is 9.47 Å². The molecule has 4 rings (SSSR count). The van der Waals surface area contributed by atoms with E-state index in [2.05, 4.69) is 20.7 Å². The average Bonchev–Trinajstić information content (AvgIpc) is 3.20. The van der Waals surface area contributed by atoms with Gasteiger partial charge in [0.1, 0.15) is 6.33 Å². The third-order valence-corrected chi connectivity index (χ3v) is 5.17. The van der Waals surface area contributed by atoms with Gasteiger partial charge in [0, 0.05) is 11.7 Å². The summed E-state index contributed by atoms with van der Waals surface area (Å²) in [6.45, 7) is 1.97. The fourth-order valence-corrected chi connectivity index (χ4v) is 3.78. The van der Waals surface area contributed by atoms with Crippen LogP contribution in [0.25, 0.3) is 0 Å². The van der Waals surface area contributed by atoms with Crippen LogP contribution in [0.4, 0.5) is 11.6 Å². The predicted molar refractivity (Wildman–Crippen MR) is 109 cm³/mol. The number of methoxy groups -OCH3 is 2. The molecular formula is C21H23N5O3. The predicted octanol–water partition coefficient (Wildman–Crippen LogP) is 2.95. The highest BCUT2D eigenvalue weighted by Gasteiger charge is 2.41. The third kappa shape index (κ3) is 3.49. The normalized spacial score (nSPS) is 20.3. The van der Waals surface area contributed by atoms with Crippen LogP contribution in [0.3, 0.4) is 0 Å². The number of carbonyl (C=O) groups excluding carboxylic acids is 1. The van der Waals surface area contributed by atoms with Crippen LogP contribution in [0.5, 0.6) is 11.5 Å². The lowest BCUT2D eigenvalue weighted by molar-refractivity contribution is -0.121. The molecule has 3 aromatic rings. The van der Waals surface area contributed by atoms with Crippen LogP contribution in [-0.2, 0) is 4.79 Å². The summed E-state index contributed by atoms with van der Waals surface area (Å²) in [5.74, 6) is 1.32. The lowest BCUT2D eigenvalue weighted by atomic mass is 9.85. The van der Waals surface area contributed by atoms with E-state index in [0.717, 1.165) is 11.3 Å². The van der Waals surface area contributed by atoms with Crippen LogP contribution >= 0.6 is 0 Å². The van der Waals surface area contributed by atoms with E-state index in [1.807, 2.05) is 55.5 Å². The Kier molecular flexibility index (Phi) is 5.07. The van der Waals surface area contributed by atoms with Crippen molar-refractivity contribution in [2.24, 2.45) is 5.92 Å². The Hall–Kier alpha value is -3.55. The molecule has 2 heterocycles. The van der Waals surface area contributed by atoms with Gasteiger partial charge in [-0.1, -0.05) is 24.3 Å². The molecule has 150 valence electrons. The number of rotatable bonds is 5. The number of benzene rings is 2. The van der Waals surface area contributed by atoms with Gasteiger partial charge in [0.05, 0.1) is 26.2 Å². The molecule has 1 aromatic heterocycles. The summed E-state index contributed by atoms with van der Waals surface area (Å²) in [6.07, 6.45) is 1.49. The summed E-state index contributed by atoms with van der Waals surface area (Å²) in [6, 6.07) is 14.6. The molecule has 8 heteroatoms. The van der Waals surface area contributed by atoms with Crippen molar-refractivity contribution in [1.82, 2.24) is 14.8 Å². The summed E-state index contributed by atoms with van der Waals surface area (Å²) < 4.78 is 12.6. The smallest absolute Gasteiger partial charge is 0.232 e. The first kappa shape index (κ1) is 18.8. The maximum Gasteiger partial charge on any atom is 0.232 e. The lowest BCUT2D eigenvalue weighted by Crippen LogP contribution is -2.46. The molecule has 1 aliphatic heterocycles. The number of aromatic nitrogens is 3. The van der Waals surface area contributed by atoms with Crippen molar-refractivity contribution in [2.75, 3.05) is 24.9 Å². The van der Waals surface area contributed by atoms with Gasteiger partial charge >= 0.3 is 0 Å². The number of ether oxygens (including phenoxy) is 2. The molecule has 0 aliphatic carbocycles. The van der Waals surface area contributed by atoms with E-state index in [9.17, 15) is 4.79 Å². The van der Waals surface area contributed by atoms with Crippen LogP contribution in [0.1, 0.15) is 18.5 Å². The molecule has 1 aliphatic rings. The van der Waals surface area contributed by atoms with Gasteiger partial charge in [-0.25, -0.2) is 4.68 Å². The van der Waals surface area contributed by atoms with Crippen LogP contribution in [0.15, 0.2) is 54.9 Å². The Morgan fingerprint density at radius 2 is 1.86 bits per heavy atom. The van der Waals surface area contributed by atoms with Gasteiger partial charge in [-0.05, 0) is 36.8 Å². The fraction of sp³-hybridized carbons (Fsp3) is 0.286. The van der Waals surface area contributed by atoms with Gasteiger partial charge in [0.25, 0.3) is 0 Å². The quantitative estimate of drug-likeness (QED) is 0.693. The zero-order chi connectivity index (χ0) is 20.4. The van der Waals surface area contributed by atoms with Gasteiger partial charge in [-0.3, -0.25) is 4.79 Å². The van der Waals surface area contributed by atoms with Gasteiger partial charge in [0.15, 0.2) is 11.5 Å². The molecule has 0 saturated heterocycles. The Balaban J connectivity index is 1.76. The summed E-state index contributed by atoms with van der Waals surface area (Å²) in [7, 11) is 3.18. The monoisotopic (exact) mass is 393 g/mol. The summed E-state index contributed by atoms with van der Waals surface area (Å²) >= 11 is 0. The molecular weight excluding hydrogens is 370 g/mol. The van der Waals surface area contributed by atoms with E-state index in [1.165, 1.54) is 6.33 Å². The van der Waals surface area contributed by atoms with Crippen molar-refractivity contribution in [3.63, 3.8) is 0 Å². The standard InChI is InChI=1S/C21H23N5O3/c1-13-18(20(27)25-15-7-5-4-6-8-15)19(26-21(24-13)22-12-23-26)14-9-10-16(28-2)17(11-14)29-3/h4-13,18-19H,1-3H3,(H,25,27)(H,22,23,24)/t13-,18-,19+/m0/s1. The van der Waals surface area contributed by atoms with E-state index in [-0.39, 0.29) is 18.0 Å². The second-order valence-electron chi connectivity index (χ2n) is 6.90. The Bertz CT molecular complexity index is 1000. The zero-order valence-corrected chi connectivity index (χ0v) is 16.5. The molecule has 3 atom stereocenters. The van der Waals surface area contributed by atoms with Crippen LogP contribution in [-0.4, -0.2) is 40.9 Å². The molecule has 0 spiro atoms. The number of anilines is 2. The Labute approximate surface area is 168 Å². The number of hydrogen-bond acceptors (Lipinski definition) is 6. The van der Waals surface area contributed by atoms with Crippen molar-refractivity contribution in [3.05, 3.63) is 60.4 Å². The van der Waals surface area contributed by atoms with E-state index >= 15 is 0 Å². The SMILES string of the molecule is COc1ccc([C@@H]2[C@@H](C(=O)Nc3ccccc3)[C@H](C)Nc3ncnn32)cc1OC. The molecule has 2 N–H and O–H groups in total. The molecule has 0 saturated carbocycles. The Morgan fingerprint density at radius 3 is 2.59 bits per heavy atom. The molecule has 8 nitrogen and oxygen atoms in total. The van der Waals surface area contributed by atoms with Crippen molar-refractivity contribution >= 4 is 17.5 Å². The minimum atomic E-state index is -0.428. The number of carbonyl (C=O) groups is 1. The number of nitrogens with one attached hydrogen (secondary N) is 2. The molecule has 2 aromatic carbocycles. The first-order chi connectivity index (χ1) is 14.1. The Morgan fingerprint density at radius 1 is 1.10 bits per heavy atom. The lowest BCUT2D eigenvalue weighted by Gasteiger charge is -2.37. The largest absolute Gasteiger partial charge is 0.493 e. The molecule has 0 radical (unpaired) electrons. The molecule has 29 heavy (non-hydrogen) atoms. The average molecular weight is 393 g/mol. The zero-order valence-electron chi connectivity index (χ0n) is 16.5. The van der Waals surface area contributed by atoms with Gasteiger partial charge in [-0.15, -0.1) is 0 Å². The van der Waals surface area contributed by atoms with Crippen LogP contribution < -0.4 is 20.1 Å². The van der Waals surface area contributed by atoms with E-state index in [0.29, 0.717) is 17.4 Å². The van der Waals surface area contributed by atoms with Gasteiger partial charge in [-0.2, -0.15) is 10.1 Å². The first-order valence-electron chi connectivity index (χ1n) is 9.36. The van der Waals surface area contributed by atoms with Gasteiger partial charge < -0.3 is 20.1 Å². The van der Waals surface area contributed by atoms with Crippen molar-refractivity contribution in [3.8, 4) is 11.5 Å². The second-order valence-corrected chi connectivity index (χ2v) is 6.90. The maximum atomic E-state index is 13.3. The highest BCUT2D eigenvalue weighted by atomic mass is 16.5. The molecule has 0 bridgehead atoms. The molecule has 0 fully saturated rings. The highest BCUT2D eigenvalue weighted by molar-refractivity contribution is 5.94. The second kappa shape index (κ2) is 7.83. The number of nitrogens with zero attached hydrogens (tertiary/aromatic N) is 3. The summed E-state index contributed by atoms with van der Waals surface area (Å²) in [5.41, 5.74) is 1.64. The third-order valence-electron chi connectivity index (χ3n) is 5.17. The molecule has 0 unspecified atom stereocenters. The van der Waals surface area contributed by atoms with E-state index in [1.54, 1.807) is 18.9 Å². The maximum absolute atomic E-state index is 13.3. The fourth-order valence-electron chi connectivity index (χ4n) is 3.78. The van der Waals surface area contributed by atoms with Gasteiger partial charge in [0.2, 0.25) is 11.9 Å². The number of fused-ring (bicyclic) bond motifs is 1. The number of amides is 1. The van der Waals surface area contributed by atoms with Crippen LogP contribution in [0.2, 0.25) is 0 Å². The summed E-state index contributed by atoms with van der Waals surface area (Å²) in [4.78, 5) is 17.6. The number of hydrogen-bond donors (Lipinski definition) is 2. The summed E-state index contributed by atoms with van der Waals surface area (Å²) in [5, 5.41) is 10.7. The van der Waals surface area contributed by atoms with Crippen molar-refractivity contribution < 1.29 is 14.3 Å². The molecule has 1 amide bonds. The highest BCUT2D eigenvalue weighted by Crippen LogP contribution is 2.39. The van der Waals surface area contributed by atoms with Crippen molar-refractivity contribution in [2.45, 2.75) is 19.0 Å². The van der Waals surface area contributed by atoms with E-state index < -0.39 is 5.92 Å². The number of para-hydroxylation sites is 1. The minimum absolute atomic E-state index is 0.0999.